The van der Waals surface area contributed by atoms with Gasteiger partial charge in [0, 0.05) is 12.7 Å². The lowest BCUT2D eigenvalue weighted by atomic mass is 10.2. The highest BCUT2D eigenvalue weighted by atomic mass is 32.1. The fourth-order valence-corrected chi connectivity index (χ4v) is 3.17. The summed E-state index contributed by atoms with van der Waals surface area (Å²) in [7, 11) is 1.87. The molecule has 2 heterocycles. The molecule has 3 rings (SSSR count). The predicted octanol–water partition coefficient (Wildman–Crippen LogP) is 3.59. The third-order valence-corrected chi connectivity index (χ3v) is 4.44. The van der Waals surface area contributed by atoms with Gasteiger partial charge in [-0.15, -0.1) is 16.4 Å². The van der Waals surface area contributed by atoms with Crippen molar-refractivity contribution < 1.29 is 9.53 Å². The second kappa shape index (κ2) is 5.81. The molecule has 114 valence electrons. The van der Waals surface area contributed by atoms with Gasteiger partial charge in [0.2, 0.25) is 5.88 Å². The Balaban J connectivity index is 1.93. The van der Waals surface area contributed by atoms with E-state index in [-0.39, 0.29) is 5.91 Å². The average molecular weight is 315 g/mol. The number of hydrogen-bond acceptors (Lipinski definition) is 4. The SMILES string of the molecule is CCOc1nn(C)c2ccc(NC(=O)c3sccc3C)cc12. The van der Waals surface area contributed by atoms with E-state index < -0.39 is 0 Å². The van der Waals surface area contributed by atoms with E-state index in [2.05, 4.69) is 10.4 Å². The highest BCUT2D eigenvalue weighted by Gasteiger charge is 2.13. The normalized spacial score (nSPS) is 10.9. The molecule has 22 heavy (non-hydrogen) atoms. The maximum atomic E-state index is 12.3. The minimum atomic E-state index is -0.0892. The lowest BCUT2D eigenvalue weighted by Crippen LogP contribution is -2.11. The van der Waals surface area contributed by atoms with Crippen LogP contribution in [-0.2, 0) is 7.05 Å². The Morgan fingerprint density at radius 2 is 2.23 bits per heavy atom. The van der Waals surface area contributed by atoms with Crippen LogP contribution >= 0.6 is 11.3 Å². The summed E-state index contributed by atoms with van der Waals surface area (Å²) in [6, 6.07) is 7.65. The van der Waals surface area contributed by atoms with E-state index >= 15 is 0 Å². The van der Waals surface area contributed by atoms with Crippen LogP contribution in [0.3, 0.4) is 0 Å². The van der Waals surface area contributed by atoms with Gasteiger partial charge in [0.1, 0.15) is 0 Å². The van der Waals surface area contributed by atoms with Crippen molar-refractivity contribution in [3.63, 3.8) is 0 Å². The minimum absolute atomic E-state index is 0.0892. The summed E-state index contributed by atoms with van der Waals surface area (Å²) in [5.74, 6) is 0.497. The molecule has 0 bridgehead atoms. The van der Waals surface area contributed by atoms with E-state index in [1.54, 1.807) is 4.68 Å². The van der Waals surface area contributed by atoms with Gasteiger partial charge >= 0.3 is 0 Å². The third kappa shape index (κ3) is 2.57. The van der Waals surface area contributed by atoms with Crippen molar-refractivity contribution in [2.24, 2.45) is 7.05 Å². The van der Waals surface area contributed by atoms with E-state index in [9.17, 15) is 4.79 Å². The van der Waals surface area contributed by atoms with Gasteiger partial charge < -0.3 is 10.1 Å². The monoisotopic (exact) mass is 315 g/mol. The number of carbonyl (C=O) groups excluding carboxylic acids is 1. The summed E-state index contributed by atoms with van der Waals surface area (Å²) >= 11 is 1.44. The summed E-state index contributed by atoms with van der Waals surface area (Å²) in [5.41, 5.74) is 2.69. The number of hydrogen-bond donors (Lipinski definition) is 1. The standard InChI is InChI=1S/C16H17N3O2S/c1-4-21-16-12-9-11(5-6-13(12)19(3)18-16)17-15(20)14-10(2)7-8-22-14/h5-9H,4H2,1-3H3,(H,17,20). The zero-order valence-corrected chi connectivity index (χ0v) is 13.5. The Bertz CT molecular complexity index is 835. The quantitative estimate of drug-likeness (QED) is 0.800. The molecule has 0 spiro atoms. The van der Waals surface area contributed by atoms with Gasteiger partial charge in [0.05, 0.1) is 22.4 Å². The first-order valence-electron chi connectivity index (χ1n) is 7.05. The number of aromatic nitrogens is 2. The molecule has 1 N–H and O–H groups in total. The average Bonchev–Trinajstić information content (AvgIpc) is 3.04. The summed E-state index contributed by atoms with van der Waals surface area (Å²) < 4.78 is 7.32. The predicted molar refractivity (Wildman–Crippen MR) is 88.9 cm³/mol. The molecule has 0 saturated carbocycles. The van der Waals surface area contributed by atoms with Crippen LogP contribution < -0.4 is 10.1 Å². The van der Waals surface area contributed by atoms with Crippen molar-refractivity contribution in [1.29, 1.82) is 0 Å². The number of benzene rings is 1. The highest BCUT2D eigenvalue weighted by Crippen LogP contribution is 2.28. The van der Waals surface area contributed by atoms with Gasteiger partial charge in [-0.3, -0.25) is 9.48 Å². The molecule has 6 heteroatoms. The second-order valence-corrected chi connectivity index (χ2v) is 5.90. The molecule has 0 aliphatic carbocycles. The molecule has 2 aromatic heterocycles. The third-order valence-electron chi connectivity index (χ3n) is 3.42. The molecule has 0 saturated heterocycles. The zero-order chi connectivity index (χ0) is 15.7. The summed E-state index contributed by atoms with van der Waals surface area (Å²) in [4.78, 5) is 13.0. The molecule has 3 aromatic rings. The van der Waals surface area contributed by atoms with Gasteiger partial charge in [0.25, 0.3) is 5.91 Å². The van der Waals surface area contributed by atoms with Gasteiger partial charge in [-0.05, 0) is 49.1 Å². The van der Waals surface area contributed by atoms with E-state index in [1.165, 1.54) is 11.3 Å². The first-order chi connectivity index (χ1) is 10.6. The van der Waals surface area contributed by atoms with E-state index in [1.807, 2.05) is 50.5 Å². The maximum absolute atomic E-state index is 12.3. The van der Waals surface area contributed by atoms with Gasteiger partial charge in [-0.1, -0.05) is 0 Å². The molecule has 0 aliphatic heterocycles. The van der Waals surface area contributed by atoms with E-state index in [0.717, 1.165) is 27.0 Å². The zero-order valence-electron chi connectivity index (χ0n) is 12.7. The number of aryl methyl sites for hydroxylation is 2. The smallest absolute Gasteiger partial charge is 0.265 e. The lowest BCUT2D eigenvalue weighted by Gasteiger charge is -2.05. The van der Waals surface area contributed by atoms with Crippen LogP contribution in [0.25, 0.3) is 10.9 Å². The molecule has 0 unspecified atom stereocenters. The number of ether oxygens (including phenoxy) is 1. The van der Waals surface area contributed by atoms with Gasteiger partial charge in [-0.25, -0.2) is 0 Å². The topological polar surface area (TPSA) is 56.1 Å². The van der Waals surface area contributed by atoms with Gasteiger partial charge in [-0.2, -0.15) is 0 Å². The Labute approximate surface area is 132 Å². The maximum Gasteiger partial charge on any atom is 0.265 e. The number of carbonyl (C=O) groups is 1. The van der Waals surface area contributed by atoms with Crippen molar-refractivity contribution >= 4 is 33.8 Å². The number of nitrogens with zero attached hydrogens (tertiary/aromatic N) is 2. The first-order valence-corrected chi connectivity index (χ1v) is 7.93. The Kier molecular flexibility index (Phi) is 3.85. The summed E-state index contributed by atoms with van der Waals surface area (Å²) in [6.45, 7) is 4.41. The van der Waals surface area contributed by atoms with Crippen molar-refractivity contribution in [3.8, 4) is 5.88 Å². The van der Waals surface area contributed by atoms with Crippen molar-refractivity contribution in [2.45, 2.75) is 13.8 Å². The number of rotatable bonds is 4. The molecule has 0 aliphatic rings. The number of thiophene rings is 1. The summed E-state index contributed by atoms with van der Waals surface area (Å²) in [5, 5.41) is 10.1. The Morgan fingerprint density at radius 1 is 1.41 bits per heavy atom. The molecule has 1 aromatic carbocycles. The fourth-order valence-electron chi connectivity index (χ4n) is 2.35. The molecular formula is C16H17N3O2S. The van der Waals surface area contributed by atoms with Crippen LogP contribution in [-0.4, -0.2) is 22.3 Å². The van der Waals surface area contributed by atoms with Crippen LogP contribution in [0.4, 0.5) is 5.69 Å². The minimum Gasteiger partial charge on any atom is -0.476 e. The summed E-state index contributed by atoms with van der Waals surface area (Å²) in [6.07, 6.45) is 0. The lowest BCUT2D eigenvalue weighted by molar-refractivity contribution is 0.103. The number of amides is 1. The van der Waals surface area contributed by atoms with Crippen molar-refractivity contribution in [3.05, 3.63) is 40.1 Å². The second-order valence-electron chi connectivity index (χ2n) is 4.98. The molecular weight excluding hydrogens is 298 g/mol. The number of anilines is 1. The molecule has 0 atom stereocenters. The fraction of sp³-hybridized carbons (Fsp3) is 0.250. The van der Waals surface area contributed by atoms with Crippen LogP contribution in [0, 0.1) is 6.92 Å². The van der Waals surface area contributed by atoms with Crippen molar-refractivity contribution in [2.75, 3.05) is 11.9 Å². The van der Waals surface area contributed by atoms with Crippen LogP contribution in [0.5, 0.6) is 5.88 Å². The molecule has 0 radical (unpaired) electrons. The van der Waals surface area contributed by atoms with Crippen LogP contribution in [0.1, 0.15) is 22.2 Å². The number of nitrogens with one attached hydrogen (secondary N) is 1. The van der Waals surface area contributed by atoms with Crippen LogP contribution in [0.15, 0.2) is 29.6 Å². The van der Waals surface area contributed by atoms with Crippen LogP contribution in [0.2, 0.25) is 0 Å². The Morgan fingerprint density at radius 3 is 2.91 bits per heavy atom. The number of fused-ring (bicyclic) bond motifs is 1. The highest BCUT2D eigenvalue weighted by molar-refractivity contribution is 7.12. The largest absolute Gasteiger partial charge is 0.476 e. The Hall–Kier alpha value is -2.34. The molecule has 5 nitrogen and oxygen atoms in total. The first kappa shape index (κ1) is 14.6. The molecule has 1 amide bonds. The van der Waals surface area contributed by atoms with E-state index in [0.29, 0.717) is 12.5 Å². The molecule has 0 fully saturated rings. The van der Waals surface area contributed by atoms with E-state index in [4.69, 9.17) is 4.74 Å². The van der Waals surface area contributed by atoms with Crippen molar-refractivity contribution in [1.82, 2.24) is 9.78 Å². The van der Waals surface area contributed by atoms with Gasteiger partial charge in [0.15, 0.2) is 0 Å².